The fourth-order valence-electron chi connectivity index (χ4n) is 1.78. The Hall–Kier alpha value is -1.40. The maximum Gasteiger partial charge on any atom is 0.128 e. The summed E-state index contributed by atoms with van der Waals surface area (Å²) in [6.45, 7) is 0. The standard InChI is InChI=1S/C12H11Cl2FN4/c13-6-1-2-10(15)8(3-6)11(19-17)9-4-7(14)5-18-12(9)16/h1-5,11,19H,17H2,(H2,16,18). The molecule has 0 bridgehead atoms. The number of pyridine rings is 1. The zero-order valence-electron chi connectivity index (χ0n) is 9.70. The van der Waals surface area contributed by atoms with E-state index < -0.39 is 11.9 Å². The number of hydrogen-bond donors (Lipinski definition) is 3. The molecule has 1 aromatic heterocycles. The molecule has 5 N–H and O–H groups in total. The monoisotopic (exact) mass is 300 g/mol. The normalized spacial score (nSPS) is 12.4. The van der Waals surface area contributed by atoms with Gasteiger partial charge in [-0.15, -0.1) is 0 Å². The molecular weight excluding hydrogens is 290 g/mol. The fraction of sp³-hybridized carbons (Fsp3) is 0.0833. The van der Waals surface area contributed by atoms with Gasteiger partial charge in [0, 0.05) is 22.3 Å². The summed E-state index contributed by atoms with van der Waals surface area (Å²) in [5.41, 5.74) is 9.02. The van der Waals surface area contributed by atoms with Crippen molar-refractivity contribution in [2.45, 2.75) is 6.04 Å². The first-order valence-corrected chi connectivity index (χ1v) is 6.10. The van der Waals surface area contributed by atoms with Crippen molar-refractivity contribution in [3.8, 4) is 0 Å². The lowest BCUT2D eigenvalue weighted by Crippen LogP contribution is -2.30. The van der Waals surface area contributed by atoms with E-state index in [0.717, 1.165) is 0 Å². The van der Waals surface area contributed by atoms with Crippen molar-refractivity contribution in [3.05, 3.63) is 57.5 Å². The van der Waals surface area contributed by atoms with Crippen LogP contribution in [0.4, 0.5) is 10.2 Å². The lowest BCUT2D eigenvalue weighted by molar-refractivity contribution is 0.560. The molecule has 0 radical (unpaired) electrons. The fourth-order valence-corrected chi connectivity index (χ4v) is 2.13. The highest BCUT2D eigenvalue weighted by Gasteiger charge is 2.20. The van der Waals surface area contributed by atoms with Crippen LogP contribution in [0.2, 0.25) is 10.0 Å². The minimum absolute atomic E-state index is 0.215. The van der Waals surface area contributed by atoms with Crippen molar-refractivity contribution < 1.29 is 4.39 Å². The van der Waals surface area contributed by atoms with Crippen LogP contribution in [-0.4, -0.2) is 4.98 Å². The van der Waals surface area contributed by atoms with Gasteiger partial charge < -0.3 is 5.73 Å². The number of hydrazine groups is 1. The van der Waals surface area contributed by atoms with Gasteiger partial charge in [-0.25, -0.2) is 14.8 Å². The molecule has 0 aliphatic carbocycles. The lowest BCUT2D eigenvalue weighted by Gasteiger charge is -2.19. The summed E-state index contributed by atoms with van der Waals surface area (Å²) in [7, 11) is 0. The third kappa shape index (κ3) is 2.96. The van der Waals surface area contributed by atoms with E-state index >= 15 is 0 Å². The zero-order chi connectivity index (χ0) is 14.0. The van der Waals surface area contributed by atoms with Gasteiger partial charge in [0.2, 0.25) is 0 Å². The van der Waals surface area contributed by atoms with Crippen molar-refractivity contribution in [2.75, 3.05) is 5.73 Å². The Balaban J connectivity index is 2.55. The van der Waals surface area contributed by atoms with E-state index in [2.05, 4.69) is 10.4 Å². The van der Waals surface area contributed by atoms with Crippen LogP contribution in [0.15, 0.2) is 30.5 Å². The first-order chi connectivity index (χ1) is 9.02. The number of nitrogens with two attached hydrogens (primary N) is 2. The van der Waals surface area contributed by atoms with Gasteiger partial charge in [-0.3, -0.25) is 5.84 Å². The number of nitrogens with zero attached hydrogens (tertiary/aromatic N) is 1. The third-order valence-corrected chi connectivity index (χ3v) is 3.10. The molecule has 1 aromatic carbocycles. The summed E-state index contributed by atoms with van der Waals surface area (Å²) in [6, 6.07) is 5.07. The lowest BCUT2D eigenvalue weighted by atomic mass is 9.99. The molecule has 2 rings (SSSR count). The van der Waals surface area contributed by atoms with E-state index in [0.29, 0.717) is 15.6 Å². The maximum absolute atomic E-state index is 13.9. The second-order valence-corrected chi connectivity index (χ2v) is 4.77. The molecule has 1 unspecified atom stereocenters. The van der Waals surface area contributed by atoms with Gasteiger partial charge in [0.15, 0.2) is 0 Å². The third-order valence-electron chi connectivity index (χ3n) is 2.66. The molecule has 2 aromatic rings. The van der Waals surface area contributed by atoms with Crippen LogP contribution in [0, 0.1) is 5.82 Å². The first-order valence-electron chi connectivity index (χ1n) is 5.35. The number of halogens is 3. The Kier molecular flexibility index (Phi) is 4.21. The van der Waals surface area contributed by atoms with Crippen LogP contribution in [0.5, 0.6) is 0 Å². The number of rotatable bonds is 3. The van der Waals surface area contributed by atoms with Gasteiger partial charge in [0.1, 0.15) is 11.6 Å². The number of nitrogen functional groups attached to an aromatic ring is 1. The zero-order valence-corrected chi connectivity index (χ0v) is 11.2. The number of hydrogen-bond acceptors (Lipinski definition) is 4. The van der Waals surface area contributed by atoms with Crippen LogP contribution < -0.4 is 17.0 Å². The predicted molar refractivity (Wildman–Crippen MR) is 74.2 cm³/mol. The molecule has 19 heavy (non-hydrogen) atoms. The maximum atomic E-state index is 13.9. The minimum Gasteiger partial charge on any atom is -0.383 e. The summed E-state index contributed by atoms with van der Waals surface area (Å²) in [4.78, 5) is 3.92. The van der Waals surface area contributed by atoms with Gasteiger partial charge in [-0.05, 0) is 24.3 Å². The van der Waals surface area contributed by atoms with Crippen LogP contribution in [-0.2, 0) is 0 Å². The van der Waals surface area contributed by atoms with Crippen molar-refractivity contribution in [3.63, 3.8) is 0 Å². The molecule has 100 valence electrons. The molecule has 0 aliphatic heterocycles. The average molecular weight is 301 g/mol. The smallest absolute Gasteiger partial charge is 0.128 e. The molecule has 0 spiro atoms. The van der Waals surface area contributed by atoms with Gasteiger partial charge >= 0.3 is 0 Å². The Morgan fingerprint density at radius 2 is 1.84 bits per heavy atom. The summed E-state index contributed by atoms with van der Waals surface area (Å²) in [5, 5.41) is 0.775. The quantitative estimate of drug-likeness (QED) is 0.601. The topological polar surface area (TPSA) is 77.0 Å². The molecular formula is C12H11Cl2FN4. The van der Waals surface area contributed by atoms with Gasteiger partial charge in [0.25, 0.3) is 0 Å². The van der Waals surface area contributed by atoms with E-state index in [1.807, 2.05) is 0 Å². The highest BCUT2D eigenvalue weighted by atomic mass is 35.5. The van der Waals surface area contributed by atoms with E-state index in [-0.39, 0.29) is 11.4 Å². The molecule has 0 fully saturated rings. The highest BCUT2D eigenvalue weighted by molar-refractivity contribution is 6.31. The average Bonchev–Trinajstić information content (AvgIpc) is 2.38. The first kappa shape index (κ1) is 14.0. The van der Waals surface area contributed by atoms with E-state index in [1.54, 1.807) is 6.07 Å². The molecule has 0 saturated carbocycles. The summed E-state index contributed by atoms with van der Waals surface area (Å²) in [6.07, 6.45) is 1.41. The summed E-state index contributed by atoms with van der Waals surface area (Å²) < 4.78 is 13.9. The van der Waals surface area contributed by atoms with Crippen LogP contribution >= 0.6 is 23.2 Å². The minimum atomic E-state index is -0.690. The Labute approximate surface area is 119 Å². The summed E-state index contributed by atoms with van der Waals surface area (Å²) in [5.74, 6) is 5.25. The molecule has 0 aliphatic rings. The highest BCUT2D eigenvalue weighted by Crippen LogP contribution is 2.30. The van der Waals surface area contributed by atoms with Crippen molar-refractivity contribution >= 4 is 29.0 Å². The van der Waals surface area contributed by atoms with E-state index in [4.69, 9.17) is 34.8 Å². The van der Waals surface area contributed by atoms with Crippen LogP contribution in [0.25, 0.3) is 0 Å². The van der Waals surface area contributed by atoms with Crippen molar-refractivity contribution in [2.24, 2.45) is 5.84 Å². The number of nitrogens with one attached hydrogen (secondary N) is 1. The van der Waals surface area contributed by atoms with E-state index in [9.17, 15) is 4.39 Å². The van der Waals surface area contributed by atoms with Gasteiger partial charge in [-0.1, -0.05) is 23.2 Å². The van der Waals surface area contributed by atoms with Crippen molar-refractivity contribution in [1.82, 2.24) is 10.4 Å². The summed E-state index contributed by atoms with van der Waals surface area (Å²) >= 11 is 11.7. The van der Waals surface area contributed by atoms with E-state index in [1.165, 1.54) is 24.4 Å². The van der Waals surface area contributed by atoms with Gasteiger partial charge in [0.05, 0.1) is 11.1 Å². The van der Waals surface area contributed by atoms with Crippen molar-refractivity contribution in [1.29, 1.82) is 0 Å². The molecule has 0 amide bonds. The predicted octanol–water partition coefficient (Wildman–Crippen LogP) is 2.66. The number of anilines is 1. The van der Waals surface area contributed by atoms with Crippen LogP contribution in [0.3, 0.4) is 0 Å². The van der Waals surface area contributed by atoms with Gasteiger partial charge in [-0.2, -0.15) is 0 Å². The Bertz CT molecular complexity index is 555. The molecule has 1 atom stereocenters. The molecule has 4 nitrogen and oxygen atoms in total. The molecule has 1 heterocycles. The number of aromatic nitrogens is 1. The largest absolute Gasteiger partial charge is 0.383 e. The second-order valence-electron chi connectivity index (χ2n) is 3.89. The van der Waals surface area contributed by atoms with Crippen LogP contribution in [0.1, 0.15) is 17.2 Å². The SMILES string of the molecule is NNC(c1cc(Cl)ccc1F)c1cc(Cl)cnc1N. The Morgan fingerprint density at radius 1 is 1.16 bits per heavy atom. The second kappa shape index (κ2) is 5.71. The molecule has 7 heteroatoms. The number of benzene rings is 1. The molecule has 0 saturated heterocycles. The Morgan fingerprint density at radius 3 is 2.53 bits per heavy atom.